The molecule has 1 aromatic carbocycles. The summed E-state index contributed by atoms with van der Waals surface area (Å²) in [7, 11) is 0. The number of amides is 1. The normalized spacial score (nSPS) is 10.5. The first-order chi connectivity index (χ1) is 12.0. The van der Waals surface area contributed by atoms with Gasteiger partial charge in [0.2, 0.25) is 0 Å². The van der Waals surface area contributed by atoms with E-state index in [1.165, 1.54) is 12.4 Å². The van der Waals surface area contributed by atoms with Gasteiger partial charge in [0, 0.05) is 16.3 Å². The lowest BCUT2D eigenvalue weighted by Crippen LogP contribution is -2.14. The van der Waals surface area contributed by atoms with Gasteiger partial charge in [0.05, 0.1) is 23.1 Å². The molecule has 1 amide bonds. The van der Waals surface area contributed by atoms with Crippen LogP contribution < -0.4 is 10.7 Å². The zero-order chi connectivity index (χ0) is 18.4. The van der Waals surface area contributed by atoms with E-state index in [0.717, 1.165) is 21.8 Å². The highest BCUT2D eigenvalue weighted by Gasteiger charge is 2.13. The summed E-state index contributed by atoms with van der Waals surface area (Å²) in [5.41, 5.74) is 5.25. The number of aromatic nitrogens is 1. The Morgan fingerprint density at radius 3 is 2.84 bits per heavy atom. The number of hydrogen-bond acceptors (Lipinski definition) is 5. The number of aryl methyl sites for hydroxylation is 1. The number of nitrogens with zero attached hydrogens (tertiary/aromatic N) is 2. The molecule has 0 saturated carbocycles. The molecule has 6 nitrogen and oxygen atoms in total. The van der Waals surface area contributed by atoms with E-state index in [1.54, 1.807) is 18.2 Å². The molecule has 2 rings (SSSR count). The van der Waals surface area contributed by atoms with Crippen LogP contribution in [0.25, 0.3) is 6.08 Å². The number of rotatable bonds is 6. The molecule has 8 heteroatoms. The summed E-state index contributed by atoms with van der Waals surface area (Å²) in [5.74, 6) is 0.0556. The number of hydrogen-bond donors (Lipinski definition) is 3. The van der Waals surface area contributed by atoms with Gasteiger partial charge in [-0.15, -0.1) is 0 Å². The first-order valence-electron chi connectivity index (χ1n) is 7.14. The van der Waals surface area contributed by atoms with Crippen molar-refractivity contribution in [1.82, 2.24) is 4.98 Å². The third-order valence-corrected chi connectivity index (χ3v) is 4.20. The molecule has 128 valence electrons. The molecular formula is C17H15BrClN5O. The summed E-state index contributed by atoms with van der Waals surface area (Å²) >= 11 is 9.55. The van der Waals surface area contributed by atoms with Gasteiger partial charge >= 0.3 is 0 Å². The van der Waals surface area contributed by atoms with E-state index in [0.29, 0.717) is 22.1 Å². The number of hydrazone groups is 1. The topological polar surface area (TPSA) is 90.2 Å². The van der Waals surface area contributed by atoms with Crippen LogP contribution in [0.5, 0.6) is 0 Å². The van der Waals surface area contributed by atoms with Crippen LogP contribution in [0.1, 0.15) is 21.5 Å². The quantitative estimate of drug-likeness (QED) is 0.465. The predicted molar refractivity (Wildman–Crippen MR) is 107 cm³/mol. The van der Waals surface area contributed by atoms with E-state index in [-0.39, 0.29) is 5.91 Å². The van der Waals surface area contributed by atoms with Gasteiger partial charge in [-0.05, 0) is 36.2 Å². The molecule has 25 heavy (non-hydrogen) atoms. The lowest BCUT2D eigenvalue weighted by Gasteiger charge is -2.11. The third-order valence-electron chi connectivity index (χ3n) is 3.23. The van der Waals surface area contributed by atoms with Gasteiger partial charge in [-0.1, -0.05) is 40.2 Å². The van der Waals surface area contributed by atoms with Gasteiger partial charge < -0.3 is 10.7 Å². The smallest absolute Gasteiger partial charge is 0.255 e. The average Bonchev–Trinajstić information content (AvgIpc) is 2.57. The highest BCUT2D eigenvalue weighted by atomic mass is 79.9. The second kappa shape index (κ2) is 8.55. The van der Waals surface area contributed by atoms with Crippen LogP contribution in [0.4, 0.5) is 11.5 Å². The Bertz CT molecular complexity index is 866. The third kappa shape index (κ3) is 4.74. The van der Waals surface area contributed by atoms with Crippen molar-refractivity contribution in [2.45, 2.75) is 6.92 Å². The Balaban J connectivity index is 2.21. The summed E-state index contributed by atoms with van der Waals surface area (Å²) in [6, 6.07) is 5.20. The first-order valence-corrected chi connectivity index (χ1v) is 8.31. The van der Waals surface area contributed by atoms with Gasteiger partial charge in [-0.25, -0.2) is 4.98 Å². The second-order valence-corrected chi connectivity index (χ2v) is 6.22. The number of carbonyl (C=O) groups excluding carboxylic acids is 1. The highest BCUT2D eigenvalue weighted by molar-refractivity contribution is 9.10. The molecule has 0 saturated heterocycles. The van der Waals surface area contributed by atoms with Crippen molar-refractivity contribution in [3.8, 4) is 0 Å². The molecule has 0 bridgehead atoms. The fraction of sp³-hybridized carbons (Fsp3) is 0.0588. The number of anilines is 2. The molecule has 2 aromatic rings. The molecule has 0 spiro atoms. The zero-order valence-corrected chi connectivity index (χ0v) is 15.6. The Labute approximate surface area is 158 Å². The maximum atomic E-state index is 12.5. The van der Waals surface area contributed by atoms with Gasteiger partial charge in [0.25, 0.3) is 5.91 Å². The average molecular weight is 421 g/mol. The molecule has 0 aliphatic rings. The van der Waals surface area contributed by atoms with E-state index < -0.39 is 0 Å². The van der Waals surface area contributed by atoms with Crippen LogP contribution in [0, 0.1) is 12.3 Å². The van der Waals surface area contributed by atoms with E-state index in [4.69, 9.17) is 17.0 Å². The fourth-order valence-corrected chi connectivity index (χ4v) is 2.84. The minimum atomic E-state index is -0.270. The Morgan fingerprint density at radius 1 is 1.44 bits per heavy atom. The van der Waals surface area contributed by atoms with Crippen molar-refractivity contribution in [3.63, 3.8) is 0 Å². The zero-order valence-electron chi connectivity index (χ0n) is 13.3. The molecule has 1 aromatic heterocycles. The lowest BCUT2D eigenvalue weighted by atomic mass is 10.0. The van der Waals surface area contributed by atoms with Crippen LogP contribution in [-0.2, 0) is 0 Å². The van der Waals surface area contributed by atoms with Gasteiger partial charge in [-0.3, -0.25) is 10.2 Å². The summed E-state index contributed by atoms with van der Waals surface area (Å²) in [6.45, 7) is 5.59. The molecule has 0 unspecified atom stereocenters. The van der Waals surface area contributed by atoms with Crippen molar-refractivity contribution in [1.29, 1.82) is 5.41 Å². The number of halogens is 2. The molecule has 3 N–H and O–H groups in total. The molecule has 0 aliphatic carbocycles. The Hall–Kier alpha value is -2.51. The largest absolute Gasteiger partial charge is 0.321 e. The van der Waals surface area contributed by atoms with Crippen LogP contribution >= 0.6 is 27.5 Å². The van der Waals surface area contributed by atoms with E-state index >= 15 is 0 Å². The van der Waals surface area contributed by atoms with Crippen molar-refractivity contribution in [2.24, 2.45) is 5.10 Å². The van der Waals surface area contributed by atoms with Crippen molar-refractivity contribution in [2.75, 3.05) is 10.7 Å². The molecule has 0 atom stereocenters. The number of pyridine rings is 1. The molecule has 1 heterocycles. The van der Waals surface area contributed by atoms with Gasteiger partial charge in [-0.2, -0.15) is 5.10 Å². The van der Waals surface area contributed by atoms with Crippen LogP contribution in [0.3, 0.4) is 0 Å². The summed E-state index contributed by atoms with van der Waals surface area (Å²) in [6.07, 6.45) is 5.41. The monoisotopic (exact) mass is 419 g/mol. The van der Waals surface area contributed by atoms with Crippen molar-refractivity contribution >= 4 is 63.4 Å². The minimum absolute atomic E-state index is 0.270. The number of nitrogens with one attached hydrogen (secondary N) is 3. The number of benzene rings is 1. The highest BCUT2D eigenvalue weighted by Crippen LogP contribution is 2.25. The van der Waals surface area contributed by atoms with Crippen LogP contribution in [0.15, 0.2) is 40.5 Å². The number of carbonyl (C=O) groups is 1. The maximum Gasteiger partial charge on any atom is 0.255 e. The second-order valence-electron chi connectivity index (χ2n) is 4.96. The Morgan fingerprint density at radius 2 is 2.20 bits per heavy atom. The fourth-order valence-electron chi connectivity index (χ4n) is 2.01. The summed E-state index contributed by atoms with van der Waals surface area (Å²) < 4.78 is 0.877. The molecule has 0 fully saturated rings. The molecule has 0 radical (unpaired) electrons. The SMILES string of the molecule is C=Cc1cc(C(=O)Nc2cnc(N/N=C\C=N)c(Cl)c2)c(C)cc1Br. The van der Waals surface area contributed by atoms with E-state index in [2.05, 4.69) is 43.3 Å². The van der Waals surface area contributed by atoms with Crippen LogP contribution in [-0.4, -0.2) is 23.3 Å². The first kappa shape index (κ1) is 18.8. The minimum Gasteiger partial charge on any atom is -0.321 e. The summed E-state index contributed by atoms with van der Waals surface area (Å²) in [4.78, 5) is 16.6. The van der Waals surface area contributed by atoms with E-state index in [9.17, 15) is 4.79 Å². The summed E-state index contributed by atoms with van der Waals surface area (Å²) in [5, 5.41) is 13.6. The van der Waals surface area contributed by atoms with E-state index in [1.807, 2.05) is 13.0 Å². The van der Waals surface area contributed by atoms with Gasteiger partial charge in [0.15, 0.2) is 5.82 Å². The van der Waals surface area contributed by atoms with Crippen LogP contribution in [0.2, 0.25) is 5.02 Å². The maximum absolute atomic E-state index is 12.5. The van der Waals surface area contributed by atoms with Gasteiger partial charge in [0.1, 0.15) is 0 Å². The molecule has 0 aliphatic heterocycles. The molecular weight excluding hydrogens is 406 g/mol. The Kier molecular flexibility index (Phi) is 6.44. The lowest BCUT2D eigenvalue weighted by molar-refractivity contribution is 0.102. The van der Waals surface area contributed by atoms with Crippen molar-refractivity contribution < 1.29 is 4.79 Å². The predicted octanol–water partition coefficient (Wildman–Crippen LogP) is 4.75. The standard InChI is InChI=1S/C17H15BrClN5O/c1-3-11-7-13(10(2)6-14(11)18)17(25)23-12-8-15(19)16(21-9-12)24-22-5-4-20/h3-9,20H,1H2,2H3,(H,21,24)(H,23,25)/b20-4?,22-5-. The van der Waals surface area contributed by atoms with Crippen molar-refractivity contribution in [3.05, 3.63) is 57.2 Å².